The molecule has 154 valence electrons. The Morgan fingerprint density at radius 2 is 2.10 bits per heavy atom. The summed E-state index contributed by atoms with van der Waals surface area (Å²) < 4.78 is 45.8. The van der Waals surface area contributed by atoms with Crippen LogP contribution in [-0.4, -0.2) is 23.6 Å². The summed E-state index contributed by atoms with van der Waals surface area (Å²) in [7, 11) is 0. The van der Waals surface area contributed by atoms with Crippen molar-refractivity contribution in [2.24, 2.45) is 10.7 Å². The van der Waals surface area contributed by atoms with Crippen LogP contribution >= 0.6 is 0 Å². The second-order valence-electron chi connectivity index (χ2n) is 6.57. The van der Waals surface area contributed by atoms with Crippen LogP contribution in [0.25, 0.3) is 0 Å². The number of carbonyl (C=O) groups is 1. The Balaban J connectivity index is 1.95. The maximum absolute atomic E-state index is 14.5. The number of alkyl halides is 2. The highest BCUT2D eigenvalue weighted by Crippen LogP contribution is 2.35. The summed E-state index contributed by atoms with van der Waals surface area (Å²) in [5.74, 6) is -1.53. The number of ether oxygens (including phenoxy) is 1. The van der Waals surface area contributed by atoms with E-state index in [9.17, 15) is 18.0 Å². The zero-order valence-corrected chi connectivity index (χ0v) is 15.7. The van der Waals surface area contributed by atoms with Gasteiger partial charge in [0.15, 0.2) is 0 Å². The molecule has 0 radical (unpaired) electrons. The first kappa shape index (κ1) is 20.9. The number of halogens is 3. The number of allylic oxidation sites excluding steroid dienone is 1. The fourth-order valence-corrected chi connectivity index (χ4v) is 3.02. The Bertz CT molecular complexity index is 1110. The van der Waals surface area contributed by atoms with E-state index in [0.717, 1.165) is 12.3 Å². The second kappa shape index (κ2) is 8.24. The third kappa shape index (κ3) is 4.10. The minimum atomic E-state index is -1.37. The molecule has 30 heavy (non-hydrogen) atoms. The molecule has 3 N–H and O–H groups in total. The van der Waals surface area contributed by atoms with Gasteiger partial charge in [-0.1, -0.05) is 0 Å². The van der Waals surface area contributed by atoms with Crippen LogP contribution in [0.5, 0.6) is 0 Å². The molecule has 10 heteroatoms. The van der Waals surface area contributed by atoms with Crippen LogP contribution < -0.4 is 11.1 Å². The Kier molecular flexibility index (Phi) is 5.73. The van der Waals surface area contributed by atoms with E-state index in [0.29, 0.717) is 0 Å². The average Bonchev–Trinajstić information content (AvgIpc) is 2.73. The van der Waals surface area contributed by atoms with E-state index in [1.807, 2.05) is 6.07 Å². The molecule has 0 aliphatic carbocycles. The molecule has 3 rings (SSSR count). The quantitative estimate of drug-likeness (QED) is 0.778. The normalized spacial score (nSPS) is 18.0. The van der Waals surface area contributed by atoms with Crippen molar-refractivity contribution in [3.8, 4) is 6.07 Å². The first-order valence-corrected chi connectivity index (χ1v) is 8.67. The van der Waals surface area contributed by atoms with Gasteiger partial charge in [-0.25, -0.2) is 23.1 Å². The Hall–Kier alpha value is -3.87. The number of aliphatic imine (C=N–C) groups is 1. The molecule has 1 amide bonds. The number of nitrogens with zero attached hydrogens (tertiary/aromatic N) is 3. The van der Waals surface area contributed by atoms with Crippen molar-refractivity contribution in [2.45, 2.75) is 19.1 Å². The van der Waals surface area contributed by atoms with Crippen LogP contribution in [0.3, 0.4) is 0 Å². The summed E-state index contributed by atoms with van der Waals surface area (Å²) in [6.07, 6.45) is 2.44. The van der Waals surface area contributed by atoms with Gasteiger partial charge in [-0.3, -0.25) is 4.79 Å². The number of hydrogen-bond acceptors (Lipinski definition) is 6. The number of aromatic nitrogens is 1. The molecule has 1 aliphatic rings. The number of amidine groups is 1. The minimum Gasteiger partial charge on any atom is -0.428 e. The highest BCUT2D eigenvalue weighted by Gasteiger charge is 2.32. The number of carbonyl (C=O) groups excluding carboxylic acids is 1. The van der Waals surface area contributed by atoms with Gasteiger partial charge in [0.05, 0.1) is 5.56 Å². The zero-order valence-electron chi connectivity index (χ0n) is 15.7. The Morgan fingerprint density at radius 1 is 1.33 bits per heavy atom. The van der Waals surface area contributed by atoms with E-state index in [2.05, 4.69) is 15.3 Å². The predicted octanol–water partition coefficient (Wildman–Crippen LogP) is 3.23. The van der Waals surface area contributed by atoms with Gasteiger partial charge in [0.1, 0.15) is 42.2 Å². The molecule has 7 nitrogen and oxygen atoms in total. The van der Waals surface area contributed by atoms with Crippen LogP contribution in [0.15, 0.2) is 47.3 Å². The van der Waals surface area contributed by atoms with Gasteiger partial charge in [-0.05, 0) is 37.3 Å². The average molecular weight is 415 g/mol. The predicted molar refractivity (Wildman–Crippen MR) is 102 cm³/mol. The largest absolute Gasteiger partial charge is 0.428 e. The van der Waals surface area contributed by atoms with Gasteiger partial charge < -0.3 is 15.8 Å². The first-order valence-electron chi connectivity index (χ1n) is 8.67. The van der Waals surface area contributed by atoms with Gasteiger partial charge in [-0.2, -0.15) is 5.26 Å². The van der Waals surface area contributed by atoms with Crippen molar-refractivity contribution in [1.29, 1.82) is 5.26 Å². The number of nitrogens with one attached hydrogen (secondary N) is 1. The number of nitrogens with two attached hydrogens (primary N) is 1. The van der Waals surface area contributed by atoms with Crippen LogP contribution in [0.1, 0.15) is 34.1 Å². The maximum Gasteiger partial charge on any atom is 0.288 e. The topological polar surface area (TPSA) is 113 Å². The summed E-state index contributed by atoms with van der Waals surface area (Å²) in [5.41, 5.74) is 4.23. The molecule has 1 atom stereocenters. The van der Waals surface area contributed by atoms with E-state index in [-0.39, 0.29) is 39.9 Å². The molecule has 1 aromatic carbocycles. The monoisotopic (exact) mass is 415 g/mol. The van der Waals surface area contributed by atoms with E-state index in [1.54, 1.807) is 0 Å². The third-order valence-corrected chi connectivity index (χ3v) is 4.38. The summed E-state index contributed by atoms with van der Waals surface area (Å²) in [6.45, 7) is -0.450. The zero-order chi connectivity index (χ0) is 21.9. The number of amides is 1. The number of hydrogen-bond donors (Lipinski definition) is 2. The van der Waals surface area contributed by atoms with Crippen LogP contribution in [-0.2, 0) is 17.0 Å². The van der Waals surface area contributed by atoms with Crippen molar-refractivity contribution < 1.29 is 22.7 Å². The highest BCUT2D eigenvalue weighted by molar-refractivity contribution is 6.04. The lowest BCUT2D eigenvalue weighted by Crippen LogP contribution is -2.31. The lowest BCUT2D eigenvalue weighted by molar-refractivity contribution is 0.102. The highest BCUT2D eigenvalue weighted by atomic mass is 19.1. The Labute approximate surface area is 169 Å². The molecule has 0 fully saturated rings. The van der Waals surface area contributed by atoms with Crippen LogP contribution in [0.4, 0.5) is 18.9 Å². The number of pyridine rings is 1. The molecule has 2 aromatic rings. The summed E-state index contributed by atoms with van der Waals surface area (Å²) in [6, 6.07) is 6.42. The molecule has 1 aliphatic heterocycles. The number of anilines is 1. The molecule has 0 bridgehead atoms. The van der Waals surface area contributed by atoms with E-state index < -0.39 is 30.6 Å². The molecule has 0 spiro atoms. The molecule has 1 aromatic heterocycles. The number of rotatable bonds is 5. The van der Waals surface area contributed by atoms with E-state index in [1.165, 1.54) is 31.2 Å². The fraction of sp³-hybridized carbons (Fsp3) is 0.200. The van der Waals surface area contributed by atoms with Crippen LogP contribution in [0, 0.1) is 17.1 Å². The minimum absolute atomic E-state index is 0.0102. The molecular weight excluding hydrogens is 399 g/mol. The van der Waals surface area contributed by atoms with Crippen molar-refractivity contribution in [3.05, 3.63) is 70.5 Å². The van der Waals surface area contributed by atoms with Crippen LogP contribution in [0.2, 0.25) is 0 Å². The standard InChI is InChI=1S/C20H16F3N5O2/c1-20(6-14(8-22)30-19(25)28-20)15-5-13(2-3-16(15)23)27-18(29)17-12(7-21)4-11(9-24)10-26-17/h2-6,10H,7-8H2,1H3,(H2,25,28)(H,27,29)/t20-/m0/s1. The SMILES string of the molecule is C[C@@]1(c2cc(NC(=O)c3ncc(C#N)cc3CF)ccc2F)C=C(CF)OC(N)=N1. The molecule has 0 unspecified atom stereocenters. The maximum atomic E-state index is 14.5. The second-order valence-corrected chi connectivity index (χ2v) is 6.57. The first-order chi connectivity index (χ1) is 14.3. The summed E-state index contributed by atoms with van der Waals surface area (Å²) >= 11 is 0. The van der Waals surface area contributed by atoms with Gasteiger partial charge >= 0.3 is 0 Å². The van der Waals surface area contributed by atoms with Gasteiger partial charge in [-0.15, -0.1) is 0 Å². The van der Waals surface area contributed by atoms with Crippen molar-refractivity contribution in [1.82, 2.24) is 4.98 Å². The molecule has 0 saturated heterocycles. The van der Waals surface area contributed by atoms with Gasteiger partial charge in [0, 0.05) is 23.0 Å². The summed E-state index contributed by atoms with van der Waals surface area (Å²) in [4.78, 5) is 20.4. The number of nitriles is 1. The molecule has 2 heterocycles. The molecule has 0 saturated carbocycles. The Morgan fingerprint density at radius 3 is 2.77 bits per heavy atom. The third-order valence-electron chi connectivity index (χ3n) is 4.38. The smallest absolute Gasteiger partial charge is 0.288 e. The van der Waals surface area contributed by atoms with E-state index >= 15 is 0 Å². The lowest BCUT2D eigenvalue weighted by Gasteiger charge is -2.28. The molecular formula is C20H16F3N5O2. The van der Waals surface area contributed by atoms with Crippen molar-refractivity contribution in [3.63, 3.8) is 0 Å². The van der Waals surface area contributed by atoms with E-state index in [4.69, 9.17) is 15.7 Å². The van der Waals surface area contributed by atoms with Crippen molar-refractivity contribution >= 4 is 17.6 Å². The summed E-state index contributed by atoms with van der Waals surface area (Å²) in [5, 5.41) is 11.4. The number of benzene rings is 1. The van der Waals surface area contributed by atoms with Crippen molar-refractivity contribution in [2.75, 3.05) is 12.0 Å². The van der Waals surface area contributed by atoms with Gasteiger partial charge in [0.25, 0.3) is 11.9 Å². The lowest BCUT2D eigenvalue weighted by atomic mass is 9.90. The van der Waals surface area contributed by atoms with Gasteiger partial charge in [0.2, 0.25) is 0 Å². The fourth-order valence-electron chi connectivity index (χ4n) is 3.02.